The van der Waals surface area contributed by atoms with Gasteiger partial charge in [-0.2, -0.15) is 0 Å². The highest BCUT2D eigenvalue weighted by molar-refractivity contribution is 5.83. The number of carbonyl (C=O) groups is 1. The summed E-state index contributed by atoms with van der Waals surface area (Å²) in [6.07, 6.45) is 0. The molecule has 0 heterocycles. The number of ether oxygens (including phenoxy) is 3. The zero-order valence-electron chi connectivity index (χ0n) is 8.32. The van der Waals surface area contributed by atoms with Crippen LogP contribution in [0.25, 0.3) is 0 Å². The molecule has 1 N–H and O–H groups in total. The van der Waals surface area contributed by atoms with Crippen molar-refractivity contribution in [3.05, 3.63) is 12.3 Å². The van der Waals surface area contributed by atoms with E-state index in [0.29, 0.717) is 26.4 Å². The molecule has 82 valence electrons. The topological polar surface area (TPSA) is 65.0 Å². The molecule has 0 atom stereocenters. The van der Waals surface area contributed by atoms with Crippen LogP contribution in [0.2, 0.25) is 0 Å². The van der Waals surface area contributed by atoms with Crippen LogP contribution >= 0.6 is 0 Å². The zero-order valence-corrected chi connectivity index (χ0v) is 8.32. The second-order valence-electron chi connectivity index (χ2n) is 2.39. The number of hydrogen-bond acceptors (Lipinski definition) is 4. The SMILES string of the molecule is C=C(OCCOCCOCC)C(=O)O. The first-order valence-corrected chi connectivity index (χ1v) is 4.39. The normalized spacial score (nSPS) is 9.79. The lowest BCUT2D eigenvalue weighted by atomic mass is 10.6. The first kappa shape index (κ1) is 12.9. The lowest BCUT2D eigenvalue weighted by Crippen LogP contribution is -2.11. The minimum atomic E-state index is -1.15. The van der Waals surface area contributed by atoms with Crippen molar-refractivity contribution in [1.82, 2.24) is 0 Å². The smallest absolute Gasteiger partial charge is 0.370 e. The highest BCUT2D eigenvalue weighted by Crippen LogP contribution is 1.92. The van der Waals surface area contributed by atoms with Gasteiger partial charge in [-0.25, -0.2) is 4.79 Å². The van der Waals surface area contributed by atoms with Crippen molar-refractivity contribution < 1.29 is 24.1 Å². The summed E-state index contributed by atoms with van der Waals surface area (Å²) in [6.45, 7) is 7.31. The Labute approximate surface area is 83.3 Å². The Morgan fingerprint density at radius 2 is 1.79 bits per heavy atom. The van der Waals surface area contributed by atoms with Crippen LogP contribution in [-0.2, 0) is 19.0 Å². The van der Waals surface area contributed by atoms with Crippen LogP contribution in [0.4, 0.5) is 0 Å². The molecule has 0 aromatic carbocycles. The van der Waals surface area contributed by atoms with Gasteiger partial charge in [-0.3, -0.25) is 0 Å². The summed E-state index contributed by atoms with van der Waals surface area (Å²) in [5, 5.41) is 8.37. The molecule has 0 aliphatic rings. The van der Waals surface area contributed by atoms with E-state index in [1.165, 1.54) is 0 Å². The number of aliphatic carboxylic acids is 1. The van der Waals surface area contributed by atoms with Crippen molar-refractivity contribution in [2.45, 2.75) is 6.92 Å². The van der Waals surface area contributed by atoms with Gasteiger partial charge >= 0.3 is 5.97 Å². The molecule has 0 radical (unpaired) electrons. The number of carboxylic acid groups (broad SMARTS) is 1. The predicted molar refractivity (Wildman–Crippen MR) is 50.0 cm³/mol. The van der Waals surface area contributed by atoms with Crippen molar-refractivity contribution in [3.8, 4) is 0 Å². The Morgan fingerprint density at radius 3 is 2.36 bits per heavy atom. The van der Waals surface area contributed by atoms with Crippen LogP contribution < -0.4 is 0 Å². The summed E-state index contributed by atoms with van der Waals surface area (Å²) in [6, 6.07) is 0. The van der Waals surface area contributed by atoms with Crippen LogP contribution in [0.5, 0.6) is 0 Å². The van der Waals surface area contributed by atoms with Crippen LogP contribution in [0.1, 0.15) is 6.92 Å². The predicted octanol–water partition coefficient (Wildman–Crippen LogP) is 0.654. The standard InChI is InChI=1S/C9H16O5/c1-3-12-4-5-13-6-7-14-8(2)9(10)11/h2-7H2,1H3,(H,10,11). The van der Waals surface area contributed by atoms with Gasteiger partial charge in [0, 0.05) is 6.61 Å². The van der Waals surface area contributed by atoms with Gasteiger partial charge in [-0.1, -0.05) is 0 Å². The average Bonchev–Trinajstić information content (AvgIpc) is 2.16. The van der Waals surface area contributed by atoms with E-state index in [1.54, 1.807) is 0 Å². The van der Waals surface area contributed by atoms with Gasteiger partial charge < -0.3 is 19.3 Å². The van der Waals surface area contributed by atoms with E-state index in [1.807, 2.05) is 6.92 Å². The van der Waals surface area contributed by atoms with E-state index >= 15 is 0 Å². The van der Waals surface area contributed by atoms with Gasteiger partial charge in [0.2, 0.25) is 0 Å². The van der Waals surface area contributed by atoms with E-state index in [0.717, 1.165) is 0 Å². The lowest BCUT2D eigenvalue weighted by molar-refractivity contribution is -0.136. The van der Waals surface area contributed by atoms with Gasteiger partial charge in [-0.15, -0.1) is 0 Å². The van der Waals surface area contributed by atoms with Gasteiger partial charge in [0.1, 0.15) is 6.61 Å². The second-order valence-corrected chi connectivity index (χ2v) is 2.39. The Hall–Kier alpha value is -1.07. The fourth-order valence-electron chi connectivity index (χ4n) is 0.650. The Kier molecular flexibility index (Phi) is 7.87. The van der Waals surface area contributed by atoms with E-state index in [2.05, 4.69) is 6.58 Å². The fourth-order valence-corrected chi connectivity index (χ4v) is 0.650. The Morgan fingerprint density at radius 1 is 1.21 bits per heavy atom. The minimum absolute atomic E-state index is 0.192. The molecule has 14 heavy (non-hydrogen) atoms. The molecule has 0 saturated heterocycles. The molecule has 0 saturated carbocycles. The third-order valence-corrected chi connectivity index (χ3v) is 1.32. The summed E-state index contributed by atoms with van der Waals surface area (Å²) >= 11 is 0. The molecule has 5 heteroatoms. The molecule has 0 aromatic heterocycles. The molecular weight excluding hydrogens is 188 g/mol. The monoisotopic (exact) mass is 204 g/mol. The molecular formula is C9H16O5. The zero-order chi connectivity index (χ0) is 10.8. The summed E-state index contributed by atoms with van der Waals surface area (Å²) in [7, 11) is 0. The lowest BCUT2D eigenvalue weighted by Gasteiger charge is -2.06. The molecule has 0 aliphatic carbocycles. The quantitative estimate of drug-likeness (QED) is 0.339. The molecule has 0 aliphatic heterocycles. The van der Waals surface area contributed by atoms with Crippen LogP contribution in [0, 0.1) is 0 Å². The molecule has 0 fully saturated rings. The maximum Gasteiger partial charge on any atom is 0.370 e. The van der Waals surface area contributed by atoms with Crippen LogP contribution in [0.3, 0.4) is 0 Å². The first-order valence-electron chi connectivity index (χ1n) is 4.39. The van der Waals surface area contributed by atoms with Gasteiger partial charge in [-0.05, 0) is 13.5 Å². The fraction of sp³-hybridized carbons (Fsp3) is 0.667. The average molecular weight is 204 g/mol. The molecule has 0 bridgehead atoms. The Bertz CT molecular complexity index is 178. The third kappa shape index (κ3) is 7.57. The first-order chi connectivity index (χ1) is 6.68. The van der Waals surface area contributed by atoms with Crippen molar-refractivity contribution >= 4 is 5.97 Å². The molecule has 0 rings (SSSR count). The van der Waals surface area contributed by atoms with Gasteiger partial charge in [0.05, 0.1) is 19.8 Å². The number of rotatable bonds is 9. The van der Waals surface area contributed by atoms with Crippen molar-refractivity contribution in [2.24, 2.45) is 0 Å². The maximum atomic E-state index is 10.2. The second kappa shape index (κ2) is 8.52. The van der Waals surface area contributed by atoms with Gasteiger partial charge in [0.15, 0.2) is 5.76 Å². The summed E-state index contributed by atoms with van der Waals surface area (Å²) < 4.78 is 14.9. The highest BCUT2D eigenvalue weighted by atomic mass is 16.5. The van der Waals surface area contributed by atoms with Crippen LogP contribution in [-0.4, -0.2) is 44.1 Å². The summed E-state index contributed by atoms with van der Waals surface area (Å²) in [5.41, 5.74) is 0. The molecule has 0 aromatic rings. The van der Waals surface area contributed by atoms with E-state index in [4.69, 9.17) is 19.3 Å². The largest absolute Gasteiger partial charge is 0.485 e. The number of carboxylic acids is 1. The molecule has 0 spiro atoms. The van der Waals surface area contributed by atoms with E-state index < -0.39 is 5.97 Å². The van der Waals surface area contributed by atoms with Gasteiger partial charge in [0.25, 0.3) is 0 Å². The third-order valence-electron chi connectivity index (χ3n) is 1.32. The van der Waals surface area contributed by atoms with E-state index in [-0.39, 0.29) is 12.4 Å². The minimum Gasteiger partial charge on any atom is -0.485 e. The van der Waals surface area contributed by atoms with Crippen molar-refractivity contribution in [3.63, 3.8) is 0 Å². The Balaban J connectivity index is 3.13. The molecule has 5 nitrogen and oxygen atoms in total. The summed E-state index contributed by atoms with van der Waals surface area (Å²) in [4.78, 5) is 10.2. The highest BCUT2D eigenvalue weighted by Gasteiger charge is 2.03. The van der Waals surface area contributed by atoms with Crippen LogP contribution in [0.15, 0.2) is 12.3 Å². The maximum absolute atomic E-state index is 10.2. The summed E-state index contributed by atoms with van der Waals surface area (Å²) in [5.74, 6) is -1.42. The van der Waals surface area contributed by atoms with Crippen molar-refractivity contribution in [2.75, 3.05) is 33.0 Å². The molecule has 0 amide bonds. The van der Waals surface area contributed by atoms with E-state index in [9.17, 15) is 4.79 Å². The number of hydrogen-bond donors (Lipinski definition) is 1. The van der Waals surface area contributed by atoms with Crippen molar-refractivity contribution in [1.29, 1.82) is 0 Å². The molecule has 0 unspecified atom stereocenters.